The molecule has 1 aliphatic heterocycles. The molecule has 1 saturated heterocycles. The molecule has 0 saturated carbocycles. The normalized spacial score (nSPS) is 28.7. The second-order valence-corrected chi connectivity index (χ2v) is 4.11. The summed E-state index contributed by atoms with van der Waals surface area (Å²) >= 11 is 0. The van der Waals surface area contributed by atoms with Crippen LogP contribution in [0, 0.1) is 0 Å². The molecule has 0 bridgehead atoms. The molecular formula is C11H23NO2. The van der Waals surface area contributed by atoms with Gasteiger partial charge in [0.15, 0.2) is 0 Å². The predicted molar refractivity (Wildman–Crippen MR) is 57.4 cm³/mol. The molecule has 1 fully saturated rings. The third-order valence-corrected chi connectivity index (χ3v) is 3.18. The summed E-state index contributed by atoms with van der Waals surface area (Å²) < 4.78 is 5.60. The van der Waals surface area contributed by atoms with Gasteiger partial charge < -0.3 is 9.84 Å². The molecule has 3 atom stereocenters. The Bertz CT molecular complexity index is 161. The summed E-state index contributed by atoms with van der Waals surface area (Å²) in [6.45, 7) is 9.00. The van der Waals surface area contributed by atoms with E-state index in [1.807, 2.05) is 6.92 Å². The van der Waals surface area contributed by atoms with E-state index in [-0.39, 0.29) is 12.1 Å². The van der Waals surface area contributed by atoms with E-state index in [4.69, 9.17) is 4.74 Å². The van der Waals surface area contributed by atoms with Gasteiger partial charge in [0.05, 0.1) is 18.8 Å². The molecule has 3 heteroatoms. The van der Waals surface area contributed by atoms with E-state index < -0.39 is 0 Å². The minimum atomic E-state index is -0.203. The van der Waals surface area contributed by atoms with Crippen LogP contribution in [0.25, 0.3) is 0 Å². The lowest BCUT2D eigenvalue weighted by Crippen LogP contribution is -2.50. The SMILES string of the molecule is CCC1CN(C(C)C(O)CC)CCO1. The first-order valence-electron chi connectivity index (χ1n) is 5.72. The van der Waals surface area contributed by atoms with Gasteiger partial charge in [0.25, 0.3) is 0 Å². The van der Waals surface area contributed by atoms with E-state index >= 15 is 0 Å². The van der Waals surface area contributed by atoms with Gasteiger partial charge in [0.1, 0.15) is 0 Å². The Hall–Kier alpha value is -0.120. The van der Waals surface area contributed by atoms with Gasteiger partial charge in [0.2, 0.25) is 0 Å². The van der Waals surface area contributed by atoms with E-state index in [2.05, 4.69) is 18.7 Å². The summed E-state index contributed by atoms with van der Waals surface area (Å²) in [6.07, 6.45) is 2.04. The third-order valence-electron chi connectivity index (χ3n) is 3.18. The number of hydrogen-bond acceptors (Lipinski definition) is 3. The molecule has 1 aliphatic rings. The van der Waals surface area contributed by atoms with Crippen LogP contribution >= 0.6 is 0 Å². The molecule has 84 valence electrons. The Morgan fingerprint density at radius 2 is 2.21 bits per heavy atom. The standard InChI is InChI=1S/C11H23NO2/c1-4-10-8-12(6-7-14-10)9(3)11(13)5-2/h9-11,13H,4-8H2,1-3H3. The molecule has 0 aromatic rings. The van der Waals surface area contributed by atoms with Crippen LogP contribution in [0.15, 0.2) is 0 Å². The lowest BCUT2D eigenvalue weighted by atomic mass is 10.1. The third kappa shape index (κ3) is 2.94. The van der Waals surface area contributed by atoms with Gasteiger partial charge in [-0.25, -0.2) is 0 Å². The molecule has 3 unspecified atom stereocenters. The van der Waals surface area contributed by atoms with Crippen molar-refractivity contribution in [2.45, 2.75) is 51.9 Å². The molecule has 0 aromatic heterocycles. The van der Waals surface area contributed by atoms with Crippen LogP contribution in [0.5, 0.6) is 0 Å². The summed E-state index contributed by atoms with van der Waals surface area (Å²) in [5.74, 6) is 0. The minimum absolute atomic E-state index is 0.203. The average molecular weight is 201 g/mol. The molecule has 3 nitrogen and oxygen atoms in total. The van der Waals surface area contributed by atoms with E-state index in [0.29, 0.717) is 6.10 Å². The molecule has 0 aliphatic carbocycles. The second kappa shape index (κ2) is 5.69. The molecule has 0 spiro atoms. The van der Waals surface area contributed by atoms with E-state index in [0.717, 1.165) is 32.5 Å². The number of ether oxygens (including phenoxy) is 1. The topological polar surface area (TPSA) is 32.7 Å². The van der Waals surface area contributed by atoms with Crippen LogP contribution in [0.2, 0.25) is 0 Å². The zero-order valence-electron chi connectivity index (χ0n) is 9.57. The summed E-state index contributed by atoms with van der Waals surface area (Å²) in [4.78, 5) is 2.34. The smallest absolute Gasteiger partial charge is 0.0700 e. The van der Waals surface area contributed by atoms with Crippen molar-refractivity contribution in [3.05, 3.63) is 0 Å². The first-order chi connectivity index (χ1) is 6.69. The van der Waals surface area contributed by atoms with E-state index in [9.17, 15) is 5.11 Å². The number of aliphatic hydroxyl groups is 1. The maximum Gasteiger partial charge on any atom is 0.0700 e. The van der Waals surface area contributed by atoms with Gasteiger partial charge in [-0.1, -0.05) is 13.8 Å². The quantitative estimate of drug-likeness (QED) is 0.743. The first kappa shape index (κ1) is 12.0. The van der Waals surface area contributed by atoms with Crippen molar-refractivity contribution in [1.29, 1.82) is 0 Å². The summed E-state index contributed by atoms with van der Waals surface area (Å²) in [5, 5.41) is 9.76. The van der Waals surface area contributed by atoms with Crippen molar-refractivity contribution >= 4 is 0 Å². The summed E-state index contributed by atoms with van der Waals surface area (Å²) in [5.41, 5.74) is 0. The van der Waals surface area contributed by atoms with Crippen molar-refractivity contribution in [2.24, 2.45) is 0 Å². The van der Waals surface area contributed by atoms with Crippen molar-refractivity contribution in [2.75, 3.05) is 19.7 Å². The summed E-state index contributed by atoms with van der Waals surface area (Å²) in [7, 11) is 0. The highest BCUT2D eigenvalue weighted by Crippen LogP contribution is 2.14. The molecule has 1 heterocycles. The number of rotatable bonds is 4. The zero-order chi connectivity index (χ0) is 10.6. The second-order valence-electron chi connectivity index (χ2n) is 4.11. The summed E-state index contributed by atoms with van der Waals surface area (Å²) in [6, 6.07) is 0.262. The predicted octanol–water partition coefficient (Wildman–Crippen LogP) is 1.26. The van der Waals surface area contributed by atoms with Crippen molar-refractivity contribution in [3.63, 3.8) is 0 Å². The molecule has 0 radical (unpaired) electrons. The van der Waals surface area contributed by atoms with Crippen molar-refractivity contribution < 1.29 is 9.84 Å². The fraction of sp³-hybridized carbons (Fsp3) is 1.00. The van der Waals surface area contributed by atoms with Gasteiger partial charge in [-0.3, -0.25) is 4.90 Å². The van der Waals surface area contributed by atoms with Crippen LogP contribution < -0.4 is 0 Å². The van der Waals surface area contributed by atoms with E-state index in [1.165, 1.54) is 0 Å². The van der Waals surface area contributed by atoms with Gasteiger partial charge >= 0.3 is 0 Å². The van der Waals surface area contributed by atoms with Crippen LogP contribution in [0.3, 0.4) is 0 Å². The van der Waals surface area contributed by atoms with Crippen molar-refractivity contribution in [3.8, 4) is 0 Å². The van der Waals surface area contributed by atoms with Gasteiger partial charge in [-0.05, 0) is 19.8 Å². The fourth-order valence-corrected chi connectivity index (χ4v) is 1.94. The lowest BCUT2D eigenvalue weighted by Gasteiger charge is -2.38. The van der Waals surface area contributed by atoms with Crippen LogP contribution in [-0.4, -0.2) is 48.0 Å². The highest BCUT2D eigenvalue weighted by molar-refractivity contribution is 4.79. The molecule has 0 aromatic carbocycles. The van der Waals surface area contributed by atoms with Crippen molar-refractivity contribution in [1.82, 2.24) is 4.90 Å². The van der Waals surface area contributed by atoms with Gasteiger partial charge in [-0.15, -0.1) is 0 Å². The number of aliphatic hydroxyl groups excluding tert-OH is 1. The maximum absolute atomic E-state index is 9.76. The Labute approximate surface area is 87.1 Å². The monoisotopic (exact) mass is 201 g/mol. The largest absolute Gasteiger partial charge is 0.392 e. The fourth-order valence-electron chi connectivity index (χ4n) is 1.94. The Kier molecular flexibility index (Phi) is 4.85. The van der Waals surface area contributed by atoms with Gasteiger partial charge in [-0.2, -0.15) is 0 Å². The van der Waals surface area contributed by atoms with E-state index in [1.54, 1.807) is 0 Å². The minimum Gasteiger partial charge on any atom is -0.392 e. The molecule has 14 heavy (non-hydrogen) atoms. The Balaban J connectivity index is 2.42. The lowest BCUT2D eigenvalue weighted by molar-refractivity contribution is -0.0620. The van der Waals surface area contributed by atoms with Gasteiger partial charge in [0, 0.05) is 19.1 Å². The molecule has 1 N–H and O–H groups in total. The Morgan fingerprint density at radius 3 is 2.79 bits per heavy atom. The number of morpholine rings is 1. The molecule has 1 rings (SSSR count). The highest BCUT2D eigenvalue weighted by Gasteiger charge is 2.26. The average Bonchev–Trinajstić information content (AvgIpc) is 2.27. The van der Waals surface area contributed by atoms with Crippen LogP contribution in [0.4, 0.5) is 0 Å². The molecule has 0 amide bonds. The highest BCUT2D eigenvalue weighted by atomic mass is 16.5. The molecular weight excluding hydrogens is 178 g/mol. The maximum atomic E-state index is 9.76. The first-order valence-corrected chi connectivity index (χ1v) is 5.72. The zero-order valence-corrected chi connectivity index (χ0v) is 9.57. The number of nitrogens with zero attached hydrogens (tertiary/aromatic N) is 1. The number of hydrogen-bond donors (Lipinski definition) is 1. The van der Waals surface area contributed by atoms with Crippen LogP contribution in [-0.2, 0) is 4.74 Å². The van der Waals surface area contributed by atoms with Crippen LogP contribution in [0.1, 0.15) is 33.6 Å². The Morgan fingerprint density at radius 1 is 1.50 bits per heavy atom.